The van der Waals surface area contributed by atoms with Crippen molar-refractivity contribution in [1.82, 2.24) is 14.7 Å². The van der Waals surface area contributed by atoms with Crippen molar-refractivity contribution in [2.24, 2.45) is 0 Å². The number of amides is 2. The molecule has 1 aliphatic rings. The number of benzene rings is 3. The highest BCUT2D eigenvalue weighted by Crippen LogP contribution is 2.32. The molecule has 40 heavy (non-hydrogen) atoms. The van der Waals surface area contributed by atoms with Crippen molar-refractivity contribution in [2.45, 2.75) is 20.3 Å². The van der Waals surface area contributed by atoms with Crippen LogP contribution in [0.5, 0.6) is 5.75 Å². The fraction of sp³-hybridized carbons (Fsp3) is 0.152. The van der Waals surface area contributed by atoms with Crippen LogP contribution < -0.4 is 4.74 Å². The molecule has 2 amide bonds. The van der Waals surface area contributed by atoms with E-state index in [1.165, 1.54) is 4.90 Å². The molecule has 0 atom stereocenters. The monoisotopic (exact) mass is 528 g/mol. The zero-order chi connectivity index (χ0) is 28.1. The third-order valence-electron chi connectivity index (χ3n) is 6.79. The molecule has 198 valence electrons. The summed E-state index contributed by atoms with van der Waals surface area (Å²) < 4.78 is 7.35. The lowest BCUT2D eigenvalue weighted by molar-refractivity contribution is -0.140. The predicted molar refractivity (Wildman–Crippen MR) is 153 cm³/mol. The average molecular weight is 529 g/mol. The van der Waals surface area contributed by atoms with Crippen molar-refractivity contribution in [1.29, 1.82) is 5.26 Å². The van der Waals surface area contributed by atoms with E-state index < -0.39 is 11.8 Å². The number of para-hydroxylation sites is 1. The van der Waals surface area contributed by atoms with Crippen molar-refractivity contribution in [3.63, 3.8) is 0 Å². The Balaban J connectivity index is 1.59. The lowest BCUT2D eigenvalue weighted by atomic mass is 9.93. The van der Waals surface area contributed by atoms with Gasteiger partial charge >= 0.3 is 0 Å². The Morgan fingerprint density at radius 2 is 1.60 bits per heavy atom. The molecule has 1 aliphatic heterocycles. The minimum absolute atomic E-state index is 0.0306. The van der Waals surface area contributed by atoms with Gasteiger partial charge in [0.25, 0.3) is 11.8 Å². The zero-order valence-corrected chi connectivity index (χ0v) is 22.4. The Morgan fingerprint density at radius 3 is 2.25 bits per heavy atom. The number of nitrogens with zero attached hydrogens (tertiary/aromatic N) is 4. The Bertz CT molecular complexity index is 1640. The normalized spacial score (nSPS) is 14.5. The molecule has 2 heterocycles. The van der Waals surface area contributed by atoms with Gasteiger partial charge in [0.15, 0.2) is 0 Å². The SMILES string of the molecule is CCOc1ccc(-c2nn(-c3ccccc3)cc2/C=C2/C(=O)N(CCc3ccccc3)C(=O)C(C#N)=C2C)cc1. The maximum atomic E-state index is 13.7. The summed E-state index contributed by atoms with van der Waals surface area (Å²) in [5.74, 6) is -0.242. The molecule has 0 unspecified atom stereocenters. The standard InChI is InChI=1S/C33H28N4O3/c1-3-40-28-16-14-25(15-17-28)31-26(22-37(35-31)27-12-8-5-9-13-27)20-29-23(2)30(21-34)33(39)36(32(29)38)19-18-24-10-6-4-7-11-24/h4-17,20,22H,3,18-19H2,1-2H3/b29-20+. The van der Waals surface area contributed by atoms with Gasteiger partial charge in [-0.1, -0.05) is 48.5 Å². The molecule has 0 bridgehead atoms. The first-order chi connectivity index (χ1) is 19.5. The van der Waals surface area contributed by atoms with E-state index in [2.05, 4.69) is 0 Å². The lowest BCUT2D eigenvalue weighted by Gasteiger charge is -2.27. The van der Waals surface area contributed by atoms with Gasteiger partial charge in [-0.3, -0.25) is 14.5 Å². The van der Waals surface area contributed by atoms with E-state index in [1.807, 2.05) is 104 Å². The quantitative estimate of drug-likeness (QED) is 0.214. The highest BCUT2D eigenvalue weighted by molar-refractivity contribution is 6.19. The maximum absolute atomic E-state index is 13.7. The first-order valence-electron chi connectivity index (χ1n) is 13.1. The van der Waals surface area contributed by atoms with Gasteiger partial charge < -0.3 is 4.74 Å². The Hall–Kier alpha value is -5.22. The molecule has 3 aromatic carbocycles. The molecule has 0 fully saturated rings. The van der Waals surface area contributed by atoms with Crippen LogP contribution in [0.3, 0.4) is 0 Å². The summed E-state index contributed by atoms with van der Waals surface area (Å²) in [7, 11) is 0. The number of aromatic nitrogens is 2. The summed E-state index contributed by atoms with van der Waals surface area (Å²) in [6, 6.07) is 29.0. The summed E-state index contributed by atoms with van der Waals surface area (Å²) in [6.07, 6.45) is 4.08. The lowest BCUT2D eigenvalue weighted by Crippen LogP contribution is -2.43. The van der Waals surface area contributed by atoms with E-state index in [1.54, 1.807) is 17.7 Å². The van der Waals surface area contributed by atoms with E-state index in [9.17, 15) is 14.9 Å². The zero-order valence-electron chi connectivity index (χ0n) is 22.4. The maximum Gasteiger partial charge on any atom is 0.271 e. The molecule has 7 heteroatoms. The van der Waals surface area contributed by atoms with Crippen LogP contribution in [0.2, 0.25) is 0 Å². The number of carbonyl (C=O) groups is 2. The molecule has 4 aromatic rings. The van der Waals surface area contributed by atoms with Crippen molar-refractivity contribution >= 4 is 17.9 Å². The first-order valence-corrected chi connectivity index (χ1v) is 13.1. The number of imide groups is 1. The molecule has 0 spiro atoms. The predicted octanol–water partition coefficient (Wildman–Crippen LogP) is 5.77. The number of carbonyl (C=O) groups excluding carboxylic acids is 2. The fourth-order valence-electron chi connectivity index (χ4n) is 4.68. The summed E-state index contributed by atoms with van der Waals surface area (Å²) >= 11 is 0. The van der Waals surface area contributed by atoms with Crippen LogP contribution in [-0.2, 0) is 16.0 Å². The number of hydrogen-bond donors (Lipinski definition) is 0. The van der Waals surface area contributed by atoms with Crippen LogP contribution in [0.25, 0.3) is 23.0 Å². The van der Waals surface area contributed by atoms with Gasteiger partial charge in [-0.15, -0.1) is 0 Å². The average Bonchev–Trinajstić information content (AvgIpc) is 3.41. The largest absolute Gasteiger partial charge is 0.494 e. The Morgan fingerprint density at radius 1 is 0.925 bits per heavy atom. The van der Waals surface area contributed by atoms with Crippen LogP contribution in [-0.4, -0.2) is 39.6 Å². The van der Waals surface area contributed by atoms with Crippen LogP contribution in [0.4, 0.5) is 0 Å². The smallest absolute Gasteiger partial charge is 0.271 e. The summed E-state index contributed by atoms with van der Waals surface area (Å²) in [4.78, 5) is 28.0. The Labute approximate surface area is 233 Å². The fourth-order valence-corrected chi connectivity index (χ4v) is 4.68. The second-order valence-corrected chi connectivity index (χ2v) is 9.34. The molecule has 5 rings (SSSR count). The van der Waals surface area contributed by atoms with Crippen LogP contribution in [0, 0.1) is 11.3 Å². The van der Waals surface area contributed by atoms with Crippen molar-refractivity contribution in [2.75, 3.05) is 13.2 Å². The van der Waals surface area contributed by atoms with Gasteiger partial charge in [-0.05, 0) is 73.9 Å². The number of rotatable bonds is 8. The topological polar surface area (TPSA) is 88.2 Å². The minimum Gasteiger partial charge on any atom is -0.494 e. The van der Waals surface area contributed by atoms with Crippen LogP contribution in [0.15, 0.2) is 108 Å². The third kappa shape index (κ3) is 5.33. The van der Waals surface area contributed by atoms with Crippen molar-refractivity contribution in [3.05, 3.63) is 119 Å². The van der Waals surface area contributed by atoms with Crippen molar-refractivity contribution in [3.8, 4) is 28.8 Å². The van der Waals surface area contributed by atoms with Crippen LogP contribution >= 0.6 is 0 Å². The van der Waals surface area contributed by atoms with E-state index in [4.69, 9.17) is 9.84 Å². The molecule has 0 saturated heterocycles. The number of nitriles is 1. The molecule has 0 radical (unpaired) electrons. The van der Waals surface area contributed by atoms with Gasteiger partial charge in [0.2, 0.25) is 0 Å². The second kappa shape index (κ2) is 11.7. The number of ether oxygens (including phenoxy) is 1. The van der Waals surface area contributed by atoms with E-state index in [-0.39, 0.29) is 12.1 Å². The molecule has 1 aromatic heterocycles. The highest BCUT2D eigenvalue weighted by Gasteiger charge is 2.35. The van der Waals surface area contributed by atoms with Gasteiger partial charge in [0, 0.05) is 29.4 Å². The van der Waals surface area contributed by atoms with Gasteiger partial charge in [0.1, 0.15) is 17.4 Å². The number of hydrogen-bond acceptors (Lipinski definition) is 5. The van der Waals surface area contributed by atoms with E-state index in [0.29, 0.717) is 35.4 Å². The van der Waals surface area contributed by atoms with Gasteiger partial charge in [0.05, 0.1) is 18.0 Å². The van der Waals surface area contributed by atoms with Crippen LogP contribution in [0.1, 0.15) is 25.0 Å². The first kappa shape index (κ1) is 26.4. The molecule has 0 aliphatic carbocycles. The second-order valence-electron chi connectivity index (χ2n) is 9.34. The molecule has 7 nitrogen and oxygen atoms in total. The third-order valence-corrected chi connectivity index (χ3v) is 6.79. The molecular weight excluding hydrogens is 500 g/mol. The van der Waals surface area contributed by atoms with Gasteiger partial charge in [-0.25, -0.2) is 4.68 Å². The highest BCUT2D eigenvalue weighted by atomic mass is 16.5. The molecular formula is C33H28N4O3. The Kier molecular flexibility index (Phi) is 7.70. The molecule has 0 N–H and O–H groups in total. The minimum atomic E-state index is -0.565. The van der Waals surface area contributed by atoms with Crippen molar-refractivity contribution < 1.29 is 14.3 Å². The summed E-state index contributed by atoms with van der Waals surface area (Å²) in [5.41, 5.74) is 4.67. The summed E-state index contributed by atoms with van der Waals surface area (Å²) in [6.45, 7) is 4.31. The molecule has 0 saturated carbocycles. The summed E-state index contributed by atoms with van der Waals surface area (Å²) in [5, 5.41) is 14.7. The van der Waals surface area contributed by atoms with E-state index in [0.717, 1.165) is 22.6 Å². The van der Waals surface area contributed by atoms with Gasteiger partial charge in [-0.2, -0.15) is 10.4 Å². The van der Waals surface area contributed by atoms with E-state index >= 15 is 0 Å².